The fourth-order valence-corrected chi connectivity index (χ4v) is 9.55. The van der Waals surface area contributed by atoms with Gasteiger partial charge in [-0.2, -0.15) is 0 Å². The average molecular weight is 418 g/mol. The van der Waals surface area contributed by atoms with Crippen LogP contribution in [0.25, 0.3) is 0 Å². The maximum absolute atomic E-state index is 12.1. The molecule has 0 bridgehead atoms. The van der Waals surface area contributed by atoms with E-state index in [2.05, 4.69) is 18.6 Å². The maximum Gasteiger partial charge on any atom is 0.229 e. The van der Waals surface area contributed by atoms with Crippen LogP contribution in [0.1, 0.15) is 110 Å². The predicted octanol–water partition coefficient (Wildman–Crippen LogP) is 7.13. The summed E-state index contributed by atoms with van der Waals surface area (Å²) in [6, 6.07) is 0. The standard InChI is InChI=1S/C26H43NOS/c1-25-16-4-3-6-18(25)9-13-21-22-14-10-19(26(22,2)17-15-23(21)25)7-5-8-24(28)27-29-20-11-12-20/h18-23H,3-17H2,1-2H3,(H,27,28). The lowest BCUT2D eigenvalue weighted by Gasteiger charge is -2.60. The molecular formula is C26H43NOS. The molecule has 1 amide bonds. The Bertz CT molecular complexity index is 618. The van der Waals surface area contributed by atoms with E-state index in [1.165, 1.54) is 83.5 Å². The van der Waals surface area contributed by atoms with Crippen molar-refractivity contribution in [2.24, 2.45) is 40.4 Å². The Hall–Kier alpha value is -0.180. The molecule has 0 aromatic heterocycles. The Labute approximate surface area is 183 Å². The molecule has 29 heavy (non-hydrogen) atoms. The number of nitrogens with one attached hydrogen (secondary N) is 1. The average Bonchev–Trinajstić information content (AvgIpc) is 3.48. The summed E-state index contributed by atoms with van der Waals surface area (Å²) in [5.41, 5.74) is 1.23. The van der Waals surface area contributed by atoms with Crippen LogP contribution in [-0.4, -0.2) is 11.2 Å². The summed E-state index contributed by atoms with van der Waals surface area (Å²) < 4.78 is 3.08. The molecule has 5 saturated carbocycles. The summed E-state index contributed by atoms with van der Waals surface area (Å²) in [5.74, 6) is 5.18. The zero-order chi connectivity index (χ0) is 20.1. The molecule has 2 nitrogen and oxygen atoms in total. The first-order valence-electron chi connectivity index (χ1n) is 13.0. The minimum atomic E-state index is 0.272. The van der Waals surface area contributed by atoms with Crippen LogP contribution < -0.4 is 4.72 Å². The summed E-state index contributed by atoms with van der Waals surface area (Å²) in [4.78, 5) is 12.1. The minimum absolute atomic E-state index is 0.272. The summed E-state index contributed by atoms with van der Waals surface area (Å²) in [6.07, 6.45) is 20.6. The van der Waals surface area contributed by atoms with Crippen molar-refractivity contribution in [3.05, 3.63) is 0 Å². The molecule has 0 aromatic rings. The second-order valence-electron chi connectivity index (χ2n) is 12.0. The lowest BCUT2D eigenvalue weighted by molar-refractivity contribution is -0.119. The largest absolute Gasteiger partial charge is 0.300 e. The molecule has 1 N–H and O–H groups in total. The highest BCUT2D eigenvalue weighted by atomic mass is 32.2. The number of hydrogen-bond acceptors (Lipinski definition) is 2. The van der Waals surface area contributed by atoms with Crippen LogP contribution >= 0.6 is 11.9 Å². The van der Waals surface area contributed by atoms with Crippen LogP contribution in [0.15, 0.2) is 0 Å². The van der Waals surface area contributed by atoms with E-state index < -0.39 is 0 Å². The Morgan fingerprint density at radius 1 is 0.897 bits per heavy atom. The Kier molecular flexibility index (Phi) is 5.76. The summed E-state index contributed by atoms with van der Waals surface area (Å²) in [6.45, 7) is 5.35. The molecule has 0 saturated heterocycles. The van der Waals surface area contributed by atoms with Crippen molar-refractivity contribution in [2.75, 3.05) is 0 Å². The van der Waals surface area contributed by atoms with Crippen LogP contribution in [0.3, 0.4) is 0 Å². The number of hydrogen-bond donors (Lipinski definition) is 1. The summed E-state index contributed by atoms with van der Waals surface area (Å²) in [5, 5.41) is 0.713. The first-order valence-corrected chi connectivity index (χ1v) is 13.8. The van der Waals surface area contributed by atoms with Crippen molar-refractivity contribution in [3.63, 3.8) is 0 Å². The van der Waals surface area contributed by atoms with Crippen molar-refractivity contribution in [3.8, 4) is 0 Å². The predicted molar refractivity (Wildman–Crippen MR) is 122 cm³/mol. The van der Waals surface area contributed by atoms with Crippen molar-refractivity contribution < 1.29 is 4.79 Å². The third-order valence-electron chi connectivity index (χ3n) is 10.6. The van der Waals surface area contributed by atoms with Gasteiger partial charge in [0.15, 0.2) is 0 Å². The summed E-state index contributed by atoms with van der Waals surface area (Å²) >= 11 is 1.67. The third kappa shape index (κ3) is 3.80. The van der Waals surface area contributed by atoms with E-state index in [4.69, 9.17) is 0 Å². The highest BCUT2D eigenvalue weighted by molar-refractivity contribution is 7.98. The fourth-order valence-electron chi connectivity index (χ4n) is 8.77. The van der Waals surface area contributed by atoms with E-state index in [-0.39, 0.29) is 5.91 Å². The topological polar surface area (TPSA) is 29.1 Å². The van der Waals surface area contributed by atoms with Gasteiger partial charge in [0, 0.05) is 11.7 Å². The van der Waals surface area contributed by atoms with Crippen LogP contribution in [0.4, 0.5) is 0 Å². The van der Waals surface area contributed by atoms with Gasteiger partial charge >= 0.3 is 0 Å². The highest BCUT2D eigenvalue weighted by Crippen LogP contribution is 2.67. The van der Waals surface area contributed by atoms with E-state index in [9.17, 15) is 4.79 Å². The molecule has 5 aliphatic carbocycles. The van der Waals surface area contributed by atoms with Crippen LogP contribution in [0.5, 0.6) is 0 Å². The fraction of sp³-hybridized carbons (Fsp3) is 0.962. The molecule has 0 heterocycles. The number of carbonyl (C=O) groups excluding carboxylic acids is 1. The number of amides is 1. The Morgan fingerprint density at radius 3 is 2.55 bits per heavy atom. The van der Waals surface area contributed by atoms with Gasteiger partial charge in [0.05, 0.1) is 0 Å². The normalized spacial score (nSPS) is 46.5. The van der Waals surface area contributed by atoms with Gasteiger partial charge in [-0.3, -0.25) is 9.52 Å². The van der Waals surface area contributed by atoms with E-state index in [1.807, 2.05) is 0 Å². The lowest BCUT2D eigenvalue weighted by Crippen LogP contribution is -2.52. The monoisotopic (exact) mass is 417 g/mol. The van der Waals surface area contributed by atoms with Gasteiger partial charge in [-0.1, -0.05) is 26.7 Å². The first kappa shape index (κ1) is 20.7. The van der Waals surface area contributed by atoms with Gasteiger partial charge < -0.3 is 0 Å². The molecule has 0 radical (unpaired) electrons. The molecule has 0 spiro atoms. The van der Waals surface area contributed by atoms with Crippen molar-refractivity contribution in [1.29, 1.82) is 0 Å². The minimum Gasteiger partial charge on any atom is -0.300 e. The van der Waals surface area contributed by atoms with Gasteiger partial charge in [0.2, 0.25) is 5.91 Å². The quantitative estimate of drug-likeness (QED) is 0.466. The SMILES string of the molecule is CC12CCCCC1CCC1C2CCC2(C)C(CCCC(=O)NSC3CC3)CCC12. The van der Waals surface area contributed by atoms with Crippen LogP contribution in [0, 0.1) is 40.4 Å². The maximum atomic E-state index is 12.1. The molecule has 5 aliphatic rings. The van der Waals surface area contributed by atoms with Gasteiger partial charge in [-0.25, -0.2) is 0 Å². The van der Waals surface area contributed by atoms with Gasteiger partial charge in [0.1, 0.15) is 0 Å². The first-order chi connectivity index (χ1) is 14.0. The second-order valence-corrected chi connectivity index (χ2v) is 13.1. The second kappa shape index (κ2) is 8.06. The number of rotatable bonds is 6. The number of fused-ring (bicyclic) bond motifs is 5. The molecule has 7 unspecified atom stereocenters. The third-order valence-corrected chi connectivity index (χ3v) is 11.8. The van der Waals surface area contributed by atoms with Gasteiger partial charge in [-0.15, -0.1) is 0 Å². The van der Waals surface area contributed by atoms with E-state index in [0.717, 1.165) is 42.4 Å². The zero-order valence-corrected chi connectivity index (χ0v) is 19.7. The van der Waals surface area contributed by atoms with Crippen LogP contribution in [-0.2, 0) is 4.79 Å². The molecule has 0 aromatic carbocycles. The van der Waals surface area contributed by atoms with Crippen molar-refractivity contribution in [1.82, 2.24) is 4.72 Å². The zero-order valence-electron chi connectivity index (χ0n) is 18.9. The molecule has 7 atom stereocenters. The molecular weight excluding hydrogens is 374 g/mol. The van der Waals surface area contributed by atoms with Gasteiger partial charge in [0.25, 0.3) is 0 Å². The van der Waals surface area contributed by atoms with Crippen molar-refractivity contribution in [2.45, 2.75) is 115 Å². The Balaban J connectivity index is 1.18. The van der Waals surface area contributed by atoms with Crippen molar-refractivity contribution >= 4 is 17.9 Å². The van der Waals surface area contributed by atoms with E-state index in [1.54, 1.807) is 11.9 Å². The lowest BCUT2D eigenvalue weighted by atomic mass is 9.45. The van der Waals surface area contributed by atoms with Crippen LogP contribution in [0.2, 0.25) is 0 Å². The molecule has 5 rings (SSSR count). The van der Waals surface area contributed by atoms with E-state index >= 15 is 0 Å². The summed E-state index contributed by atoms with van der Waals surface area (Å²) in [7, 11) is 0. The Morgan fingerprint density at radius 2 is 1.72 bits per heavy atom. The number of carbonyl (C=O) groups is 1. The smallest absolute Gasteiger partial charge is 0.229 e. The molecule has 164 valence electrons. The molecule has 0 aliphatic heterocycles. The van der Waals surface area contributed by atoms with E-state index in [0.29, 0.717) is 16.1 Å². The molecule has 3 heteroatoms. The van der Waals surface area contributed by atoms with Gasteiger partial charge in [-0.05, 0) is 129 Å². The highest BCUT2D eigenvalue weighted by Gasteiger charge is 2.59. The molecule has 5 fully saturated rings.